The van der Waals surface area contributed by atoms with Crippen LogP contribution in [0.4, 0.5) is 0 Å². The van der Waals surface area contributed by atoms with E-state index in [1.165, 1.54) is 24.8 Å². The van der Waals surface area contributed by atoms with Crippen molar-refractivity contribution in [1.29, 1.82) is 0 Å². The standard InChI is InChI=1S/C13H22O/c1-5-10-14-12(4)13(8-9-13)7-6-11(2)3/h5-6,12H,1,7-10H2,2-4H3. The second kappa shape index (κ2) is 4.79. The van der Waals surface area contributed by atoms with E-state index in [9.17, 15) is 0 Å². The quantitative estimate of drug-likeness (QED) is 0.586. The van der Waals surface area contributed by atoms with Gasteiger partial charge in [-0.05, 0) is 45.4 Å². The van der Waals surface area contributed by atoms with Crippen molar-refractivity contribution in [3.05, 3.63) is 24.3 Å². The van der Waals surface area contributed by atoms with Gasteiger partial charge in [0.15, 0.2) is 0 Å². The van der Waals surface area contributed by atoms with Gasteiger partial charge in [0.25, 0.3) is 0 Å². The predicted molar refractivity (Wildman–Crippen MR) is 61.3 cm³/mol. The molecule has 1 aliphatic carbocycles. The molecular weight excluding hydrogens is 172 g/mol. The maximum atomic E-state index is 5.70. The van der Waals surface area contributed by atoms with E-state index < -0.39 is 0 Å². The molecule has 1 saturated carbocycles. The van der Waals surface area contributed by atoms with Gasteiger partial charge in [0.2, 0.25) is 0 Å². The van der Waals surface area contributed by atoms with Crippen LogP contribution in [-0.2, 0) is 4.74 Å². The van der Waals surface area contributed by atoms with E-state index in [0.29, 0.717) is 18.1 Å². The molecule has 0 aliphatic heterocycles. The molecule has 1 unspecified atom stereocenters. The van der Waals surface area contributed by atoms with Gasteiger partial charge in [0.1, 0.15) is 0 Å². The first-order valence-corrected chi connectivity index (χ1v) is 5.46. The maximum absolute atomic E-state index is 5.70. The normalized spacial score (nSPS) is 19.9. The molecule has 1 atom stereocenters. The summed E-state index contributed by atoms with van der Waals surface area (Å²) in [6.07, 6.45) is 8.34. The van der Waals surface area contributed by atoms with Gasteiger partial charge in [0, 0.05) is 0 Å². The summed E-state index contributed by atoms with van der Waals surface area (Å²) in [6, 6.07) is 0. The van der Waals surface area contributed by atoms with Crippen LogP contribution in [0.15, 0.2) is 24.3 Å². The maximum Gasteiger partial charge on any atom is 0.0648 e. The first-order chi connectivity index (χ1) is 6.60. The van der Waals surface area contributed by atoms with Crippen LogP contribution < -0.4 is 0 Å². The molecule has 0 amide bonds. The van der Waals surface area contributed by atoms with Gasteiger partial charge < -0.3 is 4.74 Å². The first-order valence-electron chi connectivity index (χ1n) is 5.46. The predicted octanol–water partition coefficient (Wildman–Crippen LogP) is 3.71. The topological polar surface area (TPSA) is 9.23 Å². The van der Waals surface area contributed by atoms with E-state index in [4.69, 9.17) is 4.74 Å². The van der Waals surface area contributed by atoms with Crippen LogP contribution in [0, 0.1) is 5.41 Å². The van der Waals surface area contributed by atoms with Crippen molar-refractivity contribution in [2.45, 2.75) is 46.1 Å². The summed E-state index contributed by atoms with van der Waals surface area (Å²) in [5, 5.41) is 0. The van der Waals surface area contributed by atoms with Crippen molar-refractivity contribution in [2.75, 3.05) is 6.61 Å². The first kappa shape index (κ1) is 11.5. The van der Waals surface area contributed by atoms with Gasteiger partial charge in [-0.25, -0.2) is 0 Å². The summed E-state index contributed by atoms with van der Waals surface area (Å²) in [5.41, 5.74) is 1.85. The number of allylic oxidation sites excluding steroid dienone is 2. The van der Waals surface area contributed by atoms with E-state index in [0.717, 1.165) is 0 Å². The second-order valence-corrected chi connectivity index (χ2v) is 4.61. The average Bonchev–Trinajstić information content (AvgIpc) is 2.92. The lowest BCUT2D eigenvalue weighted by atomic mass is 9.95. The fourth-order valence-corrected chi connectivity index (χ4v) is 1.73. The van der Waals surface area contributed by atoms with Gasteiger partial charge in [-0.3, -0.25) is 0 Å². The van der Waals surface area contributed by atoms with E-state index in [1.807, 2.05) is 6.08 Å². The molecule has 1 nitrogen and oxygen atoms in total. The highest BCUT2D eigenvalue weighted by molar-refractivity contribution is 5.06. The van der Waals surface area contributed by atoms with Crippen LogP contribution in [0.2, 0.25) is 0 Å². The Balaban J connectivity index is 2.40. The highest BCUT2D eigenvalue weighted by Gasteiger charge is 2.46. The Morgan fingerprint density at radius 1 is 1.50 bits per heavy atom. The average molecular weight is 194 g/mol. The SMILES string of the molecule is C=CCOC(C)C1(CC=C(C)C)CC1. The summed E-state index contributed by atoms with van der Waals surface area (Å²) in [5.74, 6) is 0. The molecule has 14 heavy (non-hydrogen) atoms. The molecule has 0 aromatic carbocycles. The van der Waals surface area contributed by atoms with Crippen LogP contribution in [0.3, 0.4) is 0 Å². The highest BCUT2D eigenvalue weighted by atomic mass is 16.5. The van der Waals surface area contributed by atoms with Crippen LogP contribution in [0.25, 0.3) is 0 Å². The molecule has 0 saturated heterocycles. The fourth-order valence-electron chi connectivity index (χ4n) is 1.73. The van der Waals surface area contributed by atoms with Crippen molar-refractivity contribution in [1.82, 2.24) is 0 Å². The number of hydrogen-bond donors (Lipinski definition) is 0. The van der Waals surface area contributed by atoms with Gasteiger partial charge >= 0.3 is 0 Å². The van der Waals surface area contributed by atoms with Gasteiger partial charge in [-0.2, -0.15) is 0 Å². The second-order valence-electron chi connectivity index (χ2n) is 4.61. The van der Waals surface area contributed by atoms with Crippen molar-refractivity contribution in [3.8, 4) is 0 Å². The molecule has 1 rings (SSSR count). The van der Waals surface area contributed by atoms with Crippen molar-refractivity contribution in [2.24, 2.45) is 5.41 Å². The Bertz CT molecular complexity index is 219. The molecular formula is C13H22O. The van der Waals surface area contributed by atoms with Crippen LogP contribution in [-0.4, -0.2) is 12.7 Å². The highest BCUT2D eigenvalue weighted by Crippen LogP contribution is 2.53. The third-order valence-electron chi connectivity index (χ3n) is 3.14. The minimum atomic E-state index is 0.371. The summed E-state index contributed by atoms with van der Waals surface area (Å²) >= 11 is 0. The molecule has 0 aromatic rings. The van der Waals surface area contributed by atoms with Crippen LogP contribution in [0.1, 0.15) is 40.0 Å². The molecule has 0 bridgehead atoms. The van der Waals surface area contributed by atoms with E-state index in [-0.39, 0.29) is 0 Å². The zero-order valence-electron chi connectivity index (χ0n) is 9.68. The monoisotopic (exact) mass is 194 g/mol. The minimum absolute atomic E-state index is 0.371. The van der Waals surface area contributed by atoms with Crippen LogP contribution in [0.5, 0.6) is 0 Å². The summed E-state index contributed by atoms with van der Waals surface area (Å²) in [7, 11) is 0. The van der Waals surface area contributed by atoms with Crippen molar-refractivity contribution >= 4 is 0 Å². The summed E-state index contributed by atoms with van der Waals surface area (Å²) in [6.45, 7) is 10.9. The lowest BCUT2D eigenvalue weighted by molar-refractivity contribution is 0.0325. The summed E-state index contributed by atoms with van der Waals surface area (Å²) in [4.78, 5) is 0. The zero-order chi connectivity index (χ0) is 10.6. The molecule has 0 N–H and O–H groups in total. The molecule has 0 spiro atoms. The number of hydrogen-bond acceptors (Lipinski definition) is 1. The number of rotatable bonds is 6. The lowest BCUT2D eigenvalue weighted by Crippen LogP contribution is -2.21. The van der Waals surface area contributed by atoms with Crippen LogP contribution >= 0.6 is 0 Å². The van der Waals surface area contributed by atoms with Crippen molar-refractivity contribution in [3.63, 3.8) is 0 Å². The Labute approximate surface area is 87.8 Å². The third-order valence-corrected chi connectivity index (χ3v) is 3.14. The number of ether oxygens (including phenoxy) is 1. The molecule has 80 valence electrons. The Kier molecular flexibility index (Phi) is 3.94. The Hall–Kier alpha value is -0.560. The lowest BCUT2D eigenvalue weighted by Gasteiger charge is -2.22. The van der Waals surface area contributed by atoms with Gasteiger partial charge in [-0.15, -0.1) is 6.58 Å². The minimum Gasteiger partial charge on any atom is -0.374 e. The van der Waals surface area contributed by atoms with Crippen molar-refractivity contribution < 1.29 is 4.74 Å². The van der Waals surface area contributed by atoms with E-state index in [1.54, 1.807) is 0 Å². The van der Waals surface area contributed by atoms with E-state index >= 15 is 0 Å². The van der Waals surface area contributed by atoms with Gasteiger partial charge in [-0.1, -0.05) is 17.7 Å². The molecule has 1 heteroatoms. The zero-order valence-corrected chi connectivity index (χ0v) is 9.68. The summed E-state index contributed by atoms with van der Waals surface area (Å²) < 4.78 is 5.70. The third kappa shape index (κ3) is 2.98. The van der Waals surface area contributed by atoms with Gasteiger partial charge in [0.05, 0.1) is 12.7 Å². The molecule has 1 aliphatic rings. The van der Waals surface area contributed by atoms with E-state index in [2.05, 4.69) is 33.4 Å². The molecule has 0 heterocycles. The Morgan fingerprint density at radius 2 is 2.14 bits per heavy atom. The Morgan fingerprint density at radius 3 is 2.57 bits per heavy atom. The smallest absolute Gasteiger partial charge is 0.0648 e. The molecule has 0 radical (unpaired) electrons. The molecule has 0 aromatic heterocycles. The molecule has 1 fully saturated rings. The fraction of sp³-hybridized carbons (Fsp3) is 0.692. The largest absolute Gasteiger partial charge is 0.374 e.